The number of carboxylic acid groups (broad SMARTS) is 1. The molecule has 0 aliphatic heterocycles. The van der Waals surface area contributed by atoms with Gasteiger partial charge in [-0.2, -0.15) is 4.72 Å². The van der Waals surface area contributed by atoms with Crippen molar-refractivity contribution in [2.75, 3.05) is 6.54 Å². The summed E-state index contributed by atoms with van der Waals surface area (Å²) < 4.78 is 26.4. The molecule has 8 heteroatoms. The van der Waals surface area contributed by atoms with Crippen LogP contribution in [0.25, 0.3) is 0 Å². The van der Waals surface area contributed by atoms with Crippen molar-refractivity contribution in [3.8, 4) is 0 Å². The molecule has 0 aliphatic carbocycles. The van der Waals surface area contributed by atoms with Gasteiger partial charge in [0.1, 0.15) is 0 Å². The van der Waals surface area contributed by atoms with Gasteiger partial charge in [-0.1, -0.05) is 12.1 Å². The molecule has 1 aromatic rings. The standard InChI is InChI=1S/C13H18N2O5S/c1-3-14-13(18)9(2)15-21(19,20)11-6-4-10(5-7-11)8-12(16)17/h4-7,9,15H,3,8H2,1-2H3,(H,14,18)(H,16,17). The first-order chi connectivity index (χ1) is 9.76. The Balaban J connectivity index is 2.83. The first-order valence-corrected chi connectivity index (χ1v) is 7.85. The summed E-state index contributed by atoms with van der Waals surface area (Å²) in [4.78, 5) is 22.1. The molecule has 0 bridgehead atoms. The van der Waals surface area contributed by atoms with Gasteiger partial charge in [-0.05, 0) is 31.5 Å². The Labute approximate surface area is 123 Å². The van der Waals surface area contributed by atoms with Gasteiger partial charge in [-0.25, -0.2) is 8.42 Å². The van der Waals surface area contributed by atoms with Crippen LogP contribution in [0.4, 0.5) is 0 Å². The van der Waals surface area contributed by atoms with Crippen LogP contribution >= 0.6 is 0 Å². The number of likely N-dealkylation sites (N-methyl/N-ethyl adjacent to an activating group) is 1. The summed E-state index contributed by atoms with van der Waals surface area (Å²) in [6, 6.07) is 4.59. The van der Waals surface area contributed by atoms with E-state index in [-0.39, 0.29) is 11.3 Å². The Kier molecular flexibility index (Phi) is 5.86. The summed E-state index contributed by atoms with van der Waals surface area (Å²) in [6.07, 6.45) is -0.178. The van der Waals surface area contributed by atoms with Crippen molar-refractivity contribution in [1.29, 1.82) is 0 Å². The van der Waals surface area contributed by atoms with Crippen LogP contribution in [0, 0.1) is 0 Å². The lowest BCUT2D eigenvalue weighted by atomic mass is 10.2. The lowest BCUT2D eigenvalue weighted by Crippen LogP contribution is -2.44. The molecule has 0 fully saturated rings. The van der Waals surface area contributed by atoms with Crippen molar-refractivity contribution in [3.63, 3.8) is 0 Å². The molecular weight excluding hydrogens is 296 g/mol. The predicted molar refractivity (Wildman–Crippen MR) is 76.2 cm³/mol. The van der Waals surface area contributed by atoms with Gasteiger partial charge in [0, 0.05) is 6.54 Å². The Morgan fingerprint density at radius 1 is 1.24 bits per heavy atom. The Hall–Kier alpha value is -1.93. The SMILES string of the molecule is CCNC(=O)C(C)NS(=O)(=O)c1ccc(CC(=O)O)cc1. The number of hydrogen-bond acceptors (Lipinski definition) is 4. The number of carbonyl (C=O) groups excluding carboxylic acids is 1. The van der Waals surface area contributed by atoms with Crippen molar-refractivity contribution in [3.05, 3.63) is 29.8 Å². The molecule has 1 aromatic carbocycles. The van der Waals surface area contributed by atoms with Gasteiger partial charge in [0.25, 0.3) is 0 Å². The second kappa shape index (κ2) is 7.19. The molecule has 0 saturated carbocycles. The fourth-order valence-corrected chi connectivity index (χ4v) is 2.85. The van der Waals surface area contributed by atoms with Gasteiger partial charge in [0.05, 0.1) is 17.4 Å². The van der Waals surface area contributed by atoms with Gasteiger partial charge >= 0.3 is 5.97 Å². The normalized spacial score (nSPS) is 12.7. The molecule has 3 N–H and O–H groups in total. The van der Waals surface area contributed by atoms with E-state index < -0.39 is 27.9 Å². The van der Waals surface area contributed by atoms with E-state index in [0.29, 0.717) is 12.1 Å². The van der Waals surface area contributed by atoms with E-state index in [1.807, 2.05) is 0 Å². The van der Waals surface area contributed by atoms with Crippen molar-refractivity contribution in [1.82, 2.24) is 10.0 Å². The number of sulfonamides is 1. The number of rotatable bonds is 7. The number of carboxylic acids is 1. The zero-order valence-corrected chi connectivity index (χ0v) is 12.6. The third-order valence-electron chi connectivity index (χ3n) is 2.67. The highest BCUT2D eigenvalue weighted by atomic mass is 32.2. The van der Waals surface area contributed by atoms with Crippen LogP contribution in [0.15, 0.2) is 29.2 Å². The third kappa shape index (κ3) is 5.16. The first-order valence-electron chi connectivity index (χ1n) is 6.37. The number of hydrogen-bond donors (Lipinski definition) is 3. The number of carbonyl (C=O) groups is 2. The van der Waals surface area contributed by atoms with E-state index in [2.05, 4.69) is 10.0 Å². The molecule has 0 aliphatic rings. The van der Waals surface area contributed by atoms with Crippen LogP contribution in [0.1, 0.15) is 19.4 Å². The molecule has 0 spiro atoms. The minimum atomic E-state index is -3.83. The van der Waals surface area contributed by atoms with Gasteiger partial charge in [-0.15, -0.1) is 0 Å². The summed E-state index contributed by atoms with van der Waals surface area (Å²) >= 11 is 0. The van der Waals surface area contributed by atoms with E-state index in [1.165, 1.54) is 31.2 Å². The Morgan fingerprint density at radius 3 is 2.29 bits per heavy atom. The maximum absolute atomic E-state index is 12.1. The van der Waals surface area contributed by atoms with E-state index in [4.69, 9.17) is 5.11 Å². The molecule has 0 heterocycles. The van der Waals surface area contributed by atoms with Gasteiger partial charge in [-0.3, -0.25) is 9.59 Å². The van der Waals surface area contributed by atoms with Crippen molar-refractivity contribution in [2.45, 2.75) is 31.2 Å². The fourth-order valence-electron chi connectivity index (χ4n) is 1.64. The zero-order chi connectivity index (χ0) is 16.0. The fraction of sp³-hybridized carbons (Fsp3) is 0.385. The maximum atomic E-state index is 12.1. The first kappa shape index (κ1) is 17.1. The molecule has 7 nitrogen and oxygen atoms in total. The number of amides is 1. The van der Waals surface area contributed by atoms with E-state index in [0.717, 1.165) is 0 Å². The number of benzene rings is 1. The van der Waals surface area contributed by atoms with Crippen molar-refractivity contribution >= 4 is 21.9 Å². The second-order valence-corrected chi connectivity index (χ2v) is 6.17. The highest BCUT2D eigenvalue weighted by molar-refractivity contribution is 7.89. The van der Waals surface area contributed by atoms with Gasteiger partial charge in [0.15, 0.2) is 0 Å². The minimum absolute atomic E-state index is 0.0206. The van der Waals surface area contributed by atoms with Crippen molar-refractivity contribution < 1.29 is 23.1 Å². The Morgan fingerprint density at radius 2 is 1.81 bits per heavy atom. The van der Waals surface area contributed by atoms with Crippen LogP contribution in [-0.4, -0.2) is 38.0 Å². The second-order valence-electron chi connectivity index (χ2n) is 4.45. The monoisotopic (exact) mass is 314 g/mol. The summed E-state index contributed by atoms with van der Waals surface area (Å²) in [5.41, 5.74) is 0.498. The minimum Gasteiger partial charge on any atom is -0.481 e. The van der Waals surface area contributed by atoms with Crippen LogP contribution < -0.4 is 10.0 Å². The molecule has 1 rings (SSSR count). The molecule has 0 saturated heterocycles. The molecule has 1 atom stereocenters. The molecule has 1 unspecified atom stereocenters. The largest absolute Gasteiger partial charge is 0.481 e. The van der Waals surface area contributed by atoms with Gasteiger partial charge < -0.3 is 10.4 Å². The van der Waals surface area contributed by atoms with Crippen LogP contribution in [0.2, 0.25) is 0 Å². The average Bonchev–Trinajstić information content (AvgIpc) is 2.38. The van der Waals surface area contributed by atoms with Crippen LogP contribution in [0.5, 0.6) is 0 Å². The third-order valence-corrected chi connectivity index (χ3v) is 4.22. The van der Waals surface area contributed by atoms with E-state index in [1.54, 1.807) is 6.92 Å². The molecule has 1 amide bonds. The zero-order valence-electron chi connectivity index (χ0n) is 11.8. The topological polar surface area (TPSA) is 113 Å². The average molecular weight is 314 g/mol. The molecule has 0 radical (unpaired) electrons. The maximum Gasteiger partial charge on any atom is 0.307 e. The quantitative estimate of drug-likeness (QED) is 0.661. The smallest absolute Gasteiger partial charge is 0.307 e. The van der Waals surface area contributed by atoms with Gasteiger partial charge in [0.2, 0.25) is 15.9 Å². The predicted octanol–water partition coefficient (Wildman–Crippen LogP) is 0.117. The molecular formula is C13H18N2O5S. The molecule has 116 valence electrons. The summed E-state index contributed by atoms with van der Waals surface area (Å²) in [5, 5.41) is 11.2. The van der Waals surface area contributed by atoms with Crippen LogP contribution in [-0.2, 0) is 26.0 Å². The molecule has 0 aromatic heterocycles. The Bertz CT molecular complexity index is 610. The lowest BCUT2D eigenvalue weighted by molar-refractivity contribution is -0.136. The highest BCUT2D eigenvalue weighted by Crippen LogP contribution is 2.11. The van der Waals surface area contributed by atoms with Crippen molar-refractivity contribution in [2.24, 2.45) is 0 Å². The molecule has 21 heavy (non-hydrogen) atoms. The number of aliphatic carboxylic acids is 1. The highest BCUT2D eigenvalue weighted by Gasteiger charge is 2.21. The number of nitrogens with one attached hydrogen (secondary N) is 2. The summed E-state index contributed by atoms with van der Waals surface area (Å²) in [7, 11) is -3.83. The van der Waals surface area contributed by atoms with E-state index >= 15 is 0 Å². The summed E-state index contributed by atoms with van der Waals surface area (Å²) in [6.45, 7) is 3.59. The summed E-state index contributed by atoms with van der Waals surface area (Å²) in [5.74, 6) is -1.41. The van der Waals surface area contributed by atoms with E-state index in [9.17, 15) is 18.0 Å². The van der Waals surface area contributed by atoms with Crippen LogP contribution in [0.3, 0.4) is 0 Å². The lowest BCUT2D eigenvalue weighted by Gasteiger charge is -2.13.